The van der Waals surface area contributed by atoms with Gasteiger partial charge in [-0.05, 0) is 30.7 Å². The van der Waals surface area contributed by atoms with Crippen LogP contribution in [0.15, 0.2) is 28.9 Å². The molecule has 0 spiro atoms. The van der Waals surface area contributed by atoms with Crippen molar-refractivity contribution in [2.45, 2.75) is 13.3 Å². The second-order valence-corrected chi connectivity index (χ2v) is 8.57. The van der Waals surface area contributed by atoms with Crippen molar-refractivity contribution in [3.05, 3.63) is 50.7 Å². The van der Waals surface area contributed by atoms with Gasteiger partial charge >= 0.3 is 16.2 Å². The van der Waals surface area contributed by atoms with Crippen molar-refractivity contribution in [3.63, 3.8) is 0 Å². The molecule has 2 rings (SSSR count). The van der Waals surface area contributed by atoms with Crippen LogP contribution >= 0.6 is 27.5 Å². The summed E-state index contributed by atoms with van der Waals surface area (Å²) in [5.74, 6) is -0.635. The van der Waals surface area contributed by atoms with Crippen molar-refractivity contribution in [1.29, 1.82) is 0 Å². The third-order valence-electron chi connectivity index (χ3n) is 3.37. The van der Waals surface area contributed by atoms with Crippen LogP contribution in [0.25, 0.3) is 0 Å². The maximum Gasteiger partial charge on any atom is 0.341 e. The highest BCUT2D eigenvalue weighted by Crippen LogP contribution is 2.26. The summed E-state index contributed by atoms with van der Waals surface area (Å²) in [6, 6.07) is 5.22. The predicted octanol–water partition coefficient (Wildman–Crippen LogP) is 2.72. The minimum atomic E-state index is -3.90. The molecule has 0 saturated heterocycles. The van der Waals surface area contributed by atoms with Crippen LogP contribution in [-0.2, 0) is 21.4 Å². The molecule has 0 radical (unpaired) electrons. The second-order valence-electron chi connectivity index (χ2n) is 5.27. The number of esters is 1. The summed E-state index contributed by atoms with van der Waals surface area (Å²) >= 11 is 9.56. The minimum Gasteiger partial charge on any atom is -0.462 e. The van der Waals surface area contributed by atoms with Crippen LogP contribution in [0.5, 0.6) is 0 Å². The van der Waals surface area contributed by atoms with Crippen LogP contribution in [0.4, 0.5) is 0 Å². The number of carbonyl (C=O) groups is 1. The number of carbonyl (C=O) groups excluding carboxylic acids is 1. The van der Waals surface area contributed by atoms with Gasteiger partial charge in [-0.2, -0.15) is 17.8 Å². The van der Waals surface area contributed by atoms with Crippen molar-refractivity contribution in [2.75, 3.05) is 20.7 Å². The third-order valence-corrected chi connectivity index (χ3v) is 5.91. The number of hydrogen-bond acceptors (Lipinski definition) is 5. The average molecular weight is 451 g/mol. The Morgan fingerprint density at radius 1 is 1.40 bits per heavy atom. The summed E-state index contributed by atoms with van der Waals surface area (Å²) in [5.41, 5.74) is 0.924. The Balaban J connectivity index is 2.61. The Hall–Kier alpha value is -1.42. The molecule has 0 fully saturated rings. The van der Waals surface area contributed by atoms with Crippen molar-refractivity contribution in [3.8, 4) is 0 Å². The lowest BCUT2D eigenvalue weighted by Crippen LogP contribution is -2.31. The maximum absolute atomic E-state index is 12.5. The third kappa shape index (κ3) is 4.22. The molecule has 0 amide bonds. The molecule has 1 aromatic carbocycles. The first-order chi connectivity index (χ1) is 11.7. The van der Waals surface area contributed by atoms with E-state index in [4.69, 9.17) is 16.3 Å². The van der Waals surface area contributed by atoms with Gasteiger partial charge in [-0.25, -0.2) is 4.79 Å². The molecule has 0 aliphatic carbocycles. The van der Waals surface area contributed by atoms with Crippen LogP contribution in [0.2, 0.25) is 5.02 Å². The molecule has 0 aliphatic rings. The predicted molar refractivity (Wildman–Crippen MR) is 98.1 cm³/mol. The van der Waals surface area contributed by atoms with E-state index in [-0.39, 0.29) is 24.3 Å². The summed E-state index contributed by atoms with van der Waals surface area (Å²) in [4.78, 5) is 12.2. The van der Waals surface area contributed by atoms with Gasteiger partial charge in [0.05, 0.1) is 18.5 Å². The summed E-state index contributed by atoms with van der Waals surface area (Å²) in [7, 11) is -1.13. The van der Waals surface area contributed by atoms with Gasteiger partial charge in [0, 0.05) is 30.0 Å². The highest BCUT2D eigenvalue weighted by Gasteiger charge is 2.27. The van der Waals surface area contributed by atoms with Crippen molar-refractivity contribution >= 4 is 43.7 Å². The molecule has 1 aromatic heterocycles. The first-order valence-electron chi connectivity index (χ1n) is 7.29. The first-order valence-corrected chi connectivity index (χ1v) is 9.86. The van der Waals surface area contributed by atoms with Gasteiger partial charge in [0.1, 0.15) is 5.56 Å². The Kier molecular flexibility index (Phi) is 6.26. The van der Waals surface area contributed by atoms with E-state index in [1.165, 1.54) is 20.3 Å². The van der Waals surface area contributed by atoms with Crippen molar-refractivity contribution in [1.82, 2.24) is 13.5 Å². The van der Waals surface area contributed by atoms with Crippen LogP contribution in [0.3, 0.4) is 0 Å². The van der Waals surface area contributed by atoms with Crippen LogP contribution in [0, 0.1) is 0 Å². The number of rotatable bonds is 6. The Bertz CT molecular complexity index is 896. The van der Waals surface area contributed by atoms with E-state index in [1.807, 2.05) is 0 Å². The first kappa shape index (κ1) is 19.9. The molecule has 136 valence electrons. The Morgan fingerprint density at radius 2 is 2.08 bits per heavy atom. The van der Waals surface area contributed by atoms with Gasteiger partial charge in [-0.1, -0.05) is 27.5 Å². The highest BCUT2D eigenvalue weighted by atomic mass is 79.9. The molecule has 7 nitrogen and oxygen atoms in total. The Morgan fingerprint density at radius 3 is 2.68 bits per heavy atom. The van der Waals surface area contributed by atoms with Gasteiger partial charge in [-0.15, -0.1) is 4.09 Å². The van der Waals surface area contributed by atoms with Gasteiger partial charge in [0.2, 0.25) is 0 Å². The standard InChI is InChI=1S/C15H17BrClN3O4S/c1-4-24-15(21)12-9-18-20(25(22,23)19(2)3)14(12)8-10-7-11(16)5-6-13(10)17/h5-7,9H,4,8H2,1-3H3. The molecule has 1 heterocycles. The van der Waals surface area contributed by atoms with Crippen molar-refractivity contribution < 1.29 is 17.9 Å². The van der Waals surface area contributed by atoms with Crippen LogP contribution < -0.4 is 0 Å². The summed E-state index contributed by atoms with van der Waals surface area (Å²) in [5, 5.41) is 4.34. The molecule has 0 atom stereocenters. The molecule has 0 N–H and O–H groups in total. The number of hydrogen-bond donors (Lipinski definition) is 0. The summed E-state index contributed by atoms with van der Waals surface area (Å²) < 4.78 is 32.7. The number of aromatic nitrogens is 2. The molecule has 0 bridgehead atoms. The molecule has 2 aromatic rings. The van der Waals surface area contributed by atoms with E-state index >= 15 is 0 Å². The molecule has 25 heavy (non-hydrogen) atoms. The smallest absolute Gasteiger partial charge is 0.341 e. The fourth-order valence-corrected chi connectivity index (χ4v) is 3.62. The lowest BCUT2D eigenvalue weighted by molar-refractivity contribution is 0.0525. The average Bonchev–Trinajstić information content (AvgIpc) is 2.95. The van der Waals surface area contributed by atoms with Gasteiger partial charge in [0.15, 0.2) is 0 Å². The monoisotopic (exact) mass is 449 g/mol. The second kappa shape index (κ2) is 7.86. The zero-order valence-electron chi connectivity index (χ0n) is 13.9. The quantitative estimate of drug-likeness (QED) is 0.632. The van der Waals surface area contributed by atoms with Crippen molar-refractivity contribution in [2.24, 2.45) is 0 Å². The number of nitrogens with zero attached hydrogens (tertiary/aromatic N) is 3. The highest BCUT2D eigenvalue weighted by molar-refractivity contribution is 9.10. The molecule has 0 aliphatic heterocycles. The summed E-state index contributed by atoms with van der Waals surface area (Å²) in [6.07, 6.45) is 1.29. The van der Waals surface area contributed by atoms with Gasteiger partial charge in [0.25, 0.3) is 0 Å². The fraction of sp³-hybridized carbons (Fsp3) is 0.333. The fourth-order valence-electron chi connectivity index (χ4n) is 2.11. The van der Waals surface area contributed by atoms with E-state index in [0.717, 1.165) is 12.9 Å². The molecule has 0 unspecified atom stereocenters. The van der Waals surface area contributed by atoms with E-state index in [1.54, 1.807) is 25.1 Å². The van der Waals surface area contributed by atoms with E-state index < -0.39 is 16.2 Å². The maximum atomic E-state index is 12.5. The zero-order chi connectivity index (χ0) is 18.8. The lowest BCUT2D eigenvalue weighted by atomic mass is 10.1. The SMILES string of the molecule is CCOC(=O)c1cnn(S(=O)(=O)N(C)C)c1Cc1cc(Br)ccc1Cl. The number of benzene rings is 1. The van der Waals surface area contributed by atoms with Gasteiger partial charge in [-0.3, -0.25) is 0 Å². The van der Waals surface area contributed by atoms with E-state index in [2.05, 4.69) is 21.0 Å². The van der Waals surface area contributed by atoms with E-state index in [0.29, 0.717) is 10.6 Å². The molecular formula is C15H17BrClN3O4S. The topological polar surface area (TPSA) is 81.5 Å². The lowest BCUT2D eigenvalue weighted by Gasteiger charge is -2.15. The molecular weight excluding hydrogens is 434 g/mol. The zero-order valence-corrected chi connectivity index (χ0v) is 17.0. The van der Waals surface area contributed by atoms with Crippen LogP contribution in [0.1, 0.15) is 28.5 Å². The van der Waals surface area contributed by atoms with Crippen LogP contribution in [-0.4, -0.2) is 48.6 Å². The number of ether oxygens (including phenoxy) is 1. The summed E-state index contributed by atoms with van der Waals surface area (Å²) in [6.45, 7) is 1.84. The van der Waals surface area contributed by atoms with E-state index in [9.17, 15) is 13.2 Å². The largest absolute Gasteiger partial charge is 0.462 e. The minimum absolute atomic E-state index is 0.0864. The molecule has 10 heteroatoms. The normalized spacial score (nSPS) is 11.8. The Labute approximate surface area is 159 Å². The number of halogens is 2. The van der Waals surface area contributed by atoms with Gasteiger partial charge < -0.3 is 4.74 Å². The molecule has 0 saturated carbocycles.